The predicted molar refractivity (Wildman–Crippen MR) is 77.1 cm³/mol. The summed E-state index contributed by atoms with van der Waals surface area (Å²) in [6.07, 6.45) is 1.67. The van der Waals surface area contributed by atoms with Gasteiger partial charge in [0.2, 0.25) is 0 Å². The molecule has 1 N–H and O–H groups in total. The number of aromatic nitrogens is 2. The van der Waals surface area contributed by atoms with Crippen LogP contribution in [0.1, 0.15) is 24.3 Å². The minimum absolute atomic E-state index is 0.0449. The van der Waals surface area contributed by atoms with Crippen LogP contribution >= 0.6 is 11.6 Å². The molecule has 112 valence electrons. The summed E-state index contributed by atoms with van der Waals surface area (Å²) in [5.74, 6) is -0.219. The largest absolute Gasteiger partial charge is 0.379 e. The first-order valence-electron chi connectivity index (χ1n) is 6.94. The maximum absolute atomic E-state index is 12.1. The first-order chi connectivity index (χ1) is 9.60. The van der Waals surface area contributed by atoms with E-state index < -0.39 is 0 Å². The molecule has 1 aromatic rings. The fourth-order valence-corrected chi connectivity index (χ4v) is 2.46. The third kappa shape index (κ3) is 3.94. The van der Waals surface area contributed by atoms with E-state index in [4.69, 9.17) is 16.3 Å². The molecule has 0 saturated carbocycles. The highest BCUT2D eigenvalue weighted by atomic mass is 35.5. The molecule has 1 aliphatic heterocycles. The molecule has 0 radical (unpaired) electrons. The zero-order chi connectivity index (χ0) is 14.5. The van der Waals surface area contributed by atoms with Crippen molar-refractivity contribution in [3.63, 3.8) is 0 Å². The number of nitrogens with one attached hydrogen (secondary N) is 1. The zero-order valence-electron chi connectivity index (χ0n) is 11.9. The standard InChI is InChI=1S/C13H21ClN4O2/c1-3-18-9-11(14)12(16-18)13(19)15-10(2)8-17-4-6-20-7-5-17/h9-10H,3-8H2,1-2H3,(H,15,19)/t10-/m1/s1. The Morgan fingerprint density at radius 2 is 2.25 bits per heavy atom. The lowest BCUT2D eigenvalue weighted by atomic mass is 10.2. The fraction of sp³-hybridized carbons (Fsp3) is 0.692. The molecule has 0 bridgehead atoms. The van der Waals surface area contributed by atoms with Gasteiger partial charge in [-0.15, -0.1) is 0 Å². The van der Waals surface area contributed by atoms with E-state index in [2.05, 4.69) is 15.3 Å². The van der Waals surface area contributed by atoms with E-state index in [1.165, 1.54) is 0 Å². The Morgan fingerprint density at radius 3 is 2.85 bits per heavy atom. The second-order valence-electron chi connectivity index (χ2n) is 4.97. The maximum Gasteiger partial charge on any atom is 0.273 e. The third-order valence-electron chi connectivity index (χ3n) is 3.27. The van der Waals surface area contributed by atoms with Crippen LogP contribution in [0.4, 0.5) is 0 Å². The highest BCUT2D eigenvalue weighted by Crippen LogP contribution is 2.13. The van der Waals surface area contributed by atoms with Crippen molar-refractivity contribution in [3.05, 3.63) is 16.9 Å². The van der Waals surface area contributed by atoms with Crippen molar-refractivity contribution in [2.24, 2.45) is 0 Å². The minimum Gasteiger partial charge on any atom is -0.379 e. The first kappa shape index (κ1) is 15.3. The minimum atomic E-state index is -0.219. The number of hydrogen-bond donors (Lipinski definition) is 1. The molecular formula is C13H21ClN4O2. The molecule has 2 heterocycles. The molecule has 2 rings (SSSR count). The second kappa shape index (κ2) is 7.06. The lowest BCUT2D eigenvalue weighted by molar-refractivity contribution is 0.0342. The van der Waals surface area contributed by atoms with Crippen LogP contribution < -0.4 is 5.32 Å². The molecule has 1 fully saturated rings. The molecule has 0 aliphatic carbocycles. The molecule has 1 atom stereocenters. The number of hydrogen-bond acceptors (Lipinski definition) is 4. The number of carbonyl (C=O) groups excluding carboxylic acids is 1. The first-order valence-corrected chi connectivity index (χ1v) is 7.32. The van der Waals surface area contributed by atoms with Crippen LogP contribution in [0.15, 0.2) is 6.20 Å². The van der Waals surface area contributed by atoms with Crippen molar-refractivity contribution in [1.82, 2.24) is 20.0 Å². The Kier molecular flexibility index (Phi) is 5.39. The van der Waals surface area contributed by atoms with E-state index in [0.29, 0.717) is 17.3 Å². The van der Waals surface area contributed by atoms with E-state index in [1.807, 2.05) is 13.8 Å². The van der Waals surface area contributed by atoms with E-state index in [-0.39, 0.29) is 11.9 Å². The molecule has 6 nitrogen and oxygen atoms in total. The van der Waals surface area contributed by atoms with Crippen molar-refractivity contribution < 1.29 is 9.53 Å². The van der Waals surface area contributed by atoms with Crippen LogP contribution in [-0.4, -0.2) is 59.5 Å². The lowest BCUT2D eigenvalue weighted by Crippen LogP contribution is -2.46. The Balaban J connectivity index is 1.87. The van der Waals surface area contributed by atoms with Crippen LogP contribution in [0, 0.1) is 0 Å². The molecule has 1 aliphatic rings. The summed E-state index contributed by atoms with van der Waals surface area (Å²) in [5, 5.41) is 7.50. The lowest BCUT2D eigenvalue weighted by Gasteiger charge is -2.29. The van der Waals surface area contributed by atoms with Crippen molar-refractivity contribution in [2.45, 2.75) is 26.4 Å². The van der Waals surface area contributed by atoms with Gasteiger partial charge in [0.15, 0.2) is 5.69 Å². The van der Waals surface area contributed by atoms with Gasteiger partial charge in [0.05, 0.1) is 18.2 Å². The van der Waals surface area contributed by atoms with E-state index in [0.717, 1.165) is 32.8 Å². The van der Waals surface area contributed by atoms with Gasteiger partial charge in [0, 0.05) is 38.4 Å². The van der Waals surface area contributed by atoms with E-state index >= 15 is 0 Å². The van der Waals surface area contributed by atoms with Crippen LogP contribution in [0.5, 0.6) is 0 Å². The quantitative estimate of drug-likeness (QED) is 0.881. The normalized spacial score (nSPS) is 17.9. The molecule has 1 amide bonds. The SMILES string of the molecule is CCn1cc(Cl)c(C(=O)N[C@H](C)CN2CCOCC2)n1. The summed E-state index contributed by atoms with van der Waals surface area (Å²) in [5.41, 5.74) is 0.294. The highest BCUT2D eigenvalue weighted by molar-refractivity contribution is 6.33. The van der Waals surface area contributed by atoms with E-state index in [9.17, 15) is 4.79 Å². The Hall–Kier alpha value is -1.11. The maximum atomic E-state index is 12.1. The smallest absolute Gasteiger partial charge is 0.273 e. The summed E-state index contributed by atoms with van der Waals surface area (Å²) in [4.78, 5) is 14.4. The number of rotatable bonds is 5. The number of carbonyl (C=O) groups is 1. The van der Waals surface area contributed by atoms with Crippen LogP contribution in [-0.2, 0) is 11.3 Å². The van der Waals surface area contributed by atoms with Gasteiger partial charge in [-0.05, 0) is 13.8 Å². The molecule has 1 saturated heterocycles. The van der Waals surface area contributed by atoms with Crippen LogP contribution in [0.25, 0.3) is 0 Å². The molecule has 0 unspecified atom stereocenters. The van der Waals surface area contributed by atoms with Crippen LogP contribution in [0.3, 0.4) is 0 Å². The van der Waals surface area contributed by atoms with E-state index in [1.54, 1.807) is 10.9 Å². The summed E-state index contributed by atoms with van der Waals surface area (Å²) in [6, 6.07) is 0.0449. The average molecular weight is 301 g/mol. The number of halogens is 1. The number of nitrogens with zero attached hydrogens (tertiary/aromatic N) is 3. The Morgan fingerprint density at radius 1 is 1.55 bits per heavy atom. The number of aryl methyl sites for hydroxylation is 1. The van der Waals surface area contributed by atoms with Crippen molar-refractivity contribution in [2.75, 3.05) is 32.8 Å². The van der Waals surface area contributed by atoms with Crippen molar-refractivity contribution in [1.29, 1.82) is 0 Å². The second-order valence-corrected chi connectivity index (χ2v) is 5.38. The monoisotopic (exact) mass is 300 g/mol. The van der Waals surface area contributed by atoms with Gasteiger partial charge in [-0.3, -0.25) is 14.4 Å². The molecule has 0 spiro atoms. The summed E-state index contributed by atoms with van der Waals surface area (Å²) >= 11 is 6.02. The third-order valence-corrected chi connectivity index (χ3v) is 3.55. The van der Waals surface area contributed by atoms with Gasteiger partial charge in [-0.2, -0.15) is 5.10 Å². The topological polar surface area (TPSA) is 59.4 Å². The summed E-state index contributed by atoms with van der Waals surface area (Å²) < 4.78 is 6.96. The Labute approximate surface area is 124 Å². The fourth-order valence-electron chi connectivity index (χ4n) is 2.22. The van der Waals surface area contributed by atoms with Gasteiger partial charge in [-0.1, -0.05) is 11.6 Å². The zero-order valence-corrected chi connectivity index (χ0v) is 12.7. The number of ether oxygens (including phenoxy) is 1. The Bertz CT molecular complexity index is 457. The number of morpholine rings is 1. The van der Waals surface area contributed by atoms with Crippen molar-refractivity contribution >= 4 is 17.5 Å². The number of amides is 1. The molecular weight excluding hydrogens is 280 g/mol. The van der Waals surface area contributed by atoms with Crippen molar-refractivity contribution in [3.8, 4) is 0 Å². The molecule has 20 heavy (non-hydrogen) atoms. The van der Waals surface area contributed by atoms with Gasteiger partial charge >= 0.3 is 0 Å². The molecule has 1 aromatic heterocycles. The molecule has 7 heteroatoms. The summed E-state index contributed by atoms with van der Waals surface area (Å²) in [6.45, 7) is 8.76. The predicted octanol–water partition coefficient (Wildman–Crippen LogP) is 1.01. The van der Waals surface area contributed by atoms with Gasteiger partial charge in [-0.25, -0.2) is 0 Å². The van der Waals surface area contributed by atoms with Crippen LogP contribution in [0.2, 0.25) is 5.02 Å². The van der Waals surface area contributed by atoms with Gasteiger partial charge < -0.3 is 10.1 Å². The highest BCUT2D eigenvalue weighted by Gasteiger charge is 2.19. The summed E-state index contributed by atoms with van der Waals surface area (Å²) in [7, 11) is 0. The molecule has 0 aromatic carbocycles. The average Bonchev–Trinajstić information content (AvgIpc) is 2.81. The van der Waals surface area contributed by atoms with Gasteiger partial charge in [0.25, 0.3) is 5.91 Å². The van der Waals surface area contributed by atoms with Gasteiger partial charge in [0.1, 0.15) is 0 Å².